The predicted octanol–water partition coefficient (Wildman–Crippen LogP) is 3.30. The number of nitrogens with one attached hydrogen (secondary N) is 2. The highest BCUT2D eigenvalue weighted by molar-refractivity contribution is 6.30. The number of benzene rings is 1. The minimum atomic E-state index is -0.462. The predicted molar refractivity (Wildman–Crippen MR) is 79.2 cm³/mol. The number of aromatic nitrogens is 1. The SMILES string of the molecule is CNc1ccc([N+](=O)[O-])c(NCc2ccc(Cl)cc2)n1. The quantitative estimate of drug-likeness (QED) is 0.653. The van der Waals surface area contributed by atoms with Crippen LogP contribution in [0.4, 0.5) is 17.3 Å². The third kappa shape index (κ3) is 3.36. The molecule has 1 aromatic carbocycles. The molecule has 0 aliphatic carbocycles. The molecule has 2 rings (SSSR count). The van der Waals surface area contributed by atoms with Gasteiger partial charge in [-0.2, -0.15) is 0 Å². The van der Waals surface area contributed by atoms with Crippen molar-refractivity contribution >= 4 is 28.9 Å². The van der Waals surface area contributed by atoms with Crippen LogP contribution in [0.5, 0.6) is 0 Å². The average Bonchev–Trinajstić information content (AvgIpc) is 2.46. The first-order valence-electron chi connectivity index (χ1n) is 5.91. The van der Waals surface area contributed by atoms with Gasteiger partial charge in [0.2, 0.25) is 5.82 Å². The molecule has 0 atom stereocenters. The Hall–Kier alpha value is -2.34. The van der Waals surface area contributed by atoms with E-state index in [1.54, 1.807) is 25.2 Å². The summed E-state index contributed by atoms with van der Waals surface area (Å²) in [5, 5.41) is 17.4. The lowest BCUT2D eigenvalue weighted by Gasteiger charge is -2.08. The lowest BCUT2D eigenvalue weighted by molar-refractivity contribution is -0.384. The Bertz CT molecular complexity index is 616. The minimum absolute atomic E-state index is 0.0574. The number of pyridine rings is 1. The van der Waals surface area contributed by atoms with Gasteiger partial charge in [-0.25, -0.2) is 4.98 Å². The number of nitro groups is 1. The highest BCUT2D eigenvalue weighted by Gasteiger charge is 2.15. The first kappa shape index (κ1) is 14.1. The van der Waals surface area contributed by atoms with Crippen molar-refractivity contribution in [3.63, 3.8) is 0 Å². The van der Waals surface area contributed by atoms with Gasteiger partial charge in [0, 0.05) is 24.7 Å². The van der Waals surface area contributed by atoms with E-state index in [1.165, 1.54) is 6.07 Å². The number of nitrogens with zero attached hydrogens (tertiary/aromatic N) is 2. The molecular weight excluding hydrogens is 280 g/mol. The third-order valence-corrected chi connectivity index (χ3v) is 2.95. The summed E-state index contributed by atoms with van der Waals surface area (Å²) in [5.74, 6) is 0.797. The van der Waals surface area contributed by atoms with Crippen molar-refractivity contribution in [3.05, 3.63) is 57.1 Å². The van der Waals surface area contributed by atoms with Crippen LogP contribution in [-0.2, 0) is 6.54 Å². The maximum atomic E-state index is 11.0. The molecule has 0 fully saturated rings. The molecular formula is C13H13ClN4O2. The van der Waals surface area contributed by atoms with Crippen molar-refractivity contribution in [2.45, 2.75) is 6.54 Å². The van der Waals surface area contributed by atoms with Crippen LogP contribution in [0.1, 0.15) is 5.56 Å². The van der Waals surface area contributed by atoms with E-state index in [9.17, 15) is 10.1 Å². The maximum Gasteiger partial charge on any atom is 0.311 e. The van der Waals surface area contributed by atoms with E-state index in [1.807, 2.05) is 12.1 Å². The summed E-state index contributed by atoms with van der Waals surface area (Å²) < 4.78 is 0. The van der Waals surface area contributed by atoms with E-state index in [0.717, 1.165) is 5.56 Å². The molecule has 1 heterocycles. The molecule has 0 saturated carbocycles. The largest absolute Gasteiger partial charge is 0.373 e. The molecule has 104 valence electrons. The van der Waals surface area contributed by atoms with Gasteiger partial charge in [0.15, 0.2) is 0 Å². The molecule has 1 aromatic heterocycles. The Morgan fingerprint density at radius 1 is 1.25 bits per heavy atom. The second-order valence-electron chi connectivity index (χ2n) is 4.05. The Labute approximate surface area is 120 Å². The fraction of sp³-hybridized carbons (Fsp3) is 0.154. The smallest absolute Gasteiger partial charge is 0.311 e. The monoisotopic (exact) mass is 292 g/mol. The molecule has 20 heavy (non-hydrogen) atoms. The van der Waals surface area contributed by atoms with Gasteiger partial charge in [-0.1, -0.05) is 23.7 Å². The van der Waals surface area contributed by atoms with Crippen molar-refractivity contribution in [3.8, 4) is 0 Å². The van der Waals surface area contributed by atoms with Gasteiger partial charge in [-0.15, -0.1) is 0 Å². The van der Waals surface area contributed by atoms with Crippen molar-refractivity contribution in [2.75, 3.05) is 17.7 Å². The molecule has 0 aliphatic rings. The van der Waals surface area contributed by atoms with Crippen LogP contribution < -0.4 is 10.6 Å². The van der Waals surface area contributed by atoms with Gasteiger partial charge < -0.3 is 10.6 Å². The topological polar surface area (TPSA) is 80.1 Å². The molecule has 0 amide bonds. The number of hydrogen-bond acceptors (Lipinski definition) is 5. The Kier molecular flexibility index (Phi) is 4.37. The maximum absolute atomic E-state index is 11.0. The van der Waals surface area contributed by atoms with Gasteiger partial charge in [0.1, 0.15) is 5.82 Å². The molecule has 2 aromatic rings. The van der Waals surface area contributed by atoms with Crippen LogP contribution in [0.3, 0.4) is 0 Å². The van der Waals surface area contributed by atoms with E-state index in [4.69, 9.17) is 11.6 Å². The lowest BCUT2D eigenvalue weighted by atomic mass is 10.2. The number of halogens is 1. The van der Waals surface area contributed by atoms with E-state index < -0.39 is 4.92 Å². The van der Waals surface area contributed by atoms with E-state index >= 15 is 0 Å². The van der Waals surface area contributed by atoms with E-state index in [-0.39, 0.29) is 11.5 Å². The van der Waals surface area contributed by atoms with Crippen LogP contribution >= 0.6 is 11.6 Å². The lowest BCUT2D eigenvalue weighted by Crippen LogP contribution is -2.06. The zero-order valence-corrected chi connectivity index (χ0v) is 11.5. The molecule has 0 radical (unpaired) electrons. The van der Waals surface area contributed by atoms with Crippen molar-refractivity contribution in [1.29, 1.82) is 0 Å². The summed E-state index contributed by atoms with van der Waals surface area (Å²) in [4.78, 5) is 14.7. The zero-order valence-electron chi connectivity index (χ0n) is 10.8. The van der Waals surface area contributed by atoms with E-state index in [2.05, 4.69) is 15.6 Å². The van der Waals surface area contributed by atoms with Gasteiger partial charge in [-0.05, 0) is 23.8 Å². The highest BCUT2D eigenvalue weighted by Crippen LogP contribution is 2.24. The first-order valence-corrected chi connectivity index (χ1v) is 6.29. The summed E-state index contributed by atoms with van der Waals surface area (Å²) >= 11 is 5.80. The van der Waals surface area contributed by atoms with Crippen LogP contribution in [0, 0.1) is 10.1 Å². The molecule has 0 aliphatic heterocycles. The molecule has 6 nitrogen and oxygen atoms in total. The summed E-state index contributed by atoms with van der Waals surface area (Å²) in [5.41, 5.74) is 0.901. The second-order valence-corrected chi connectivity index (χ2v) is 4.49. The molecule has 0 saturated heterocycles. The fourth-order valence-electron chi connectivity index (χ4n) is 1.66. The van der Waals surface area contributed by atoms with Gasteiger partial charge in [0.25, 0.3) is 0 Å². The first-order chi connectivity index (χ1) is 9.60. The summed E-state index contributed by atoms with van der Waals surface area (Å²) in [6.07, 6.45) is 0. The number of hydrogen-bond donors (Lipinski definition) is 2. The number of rotatable bonds is 5. The normalized spacial score (nSPS) is 10.1. The average molecular weight is 293 g/mol. The minimum Gasteiger partial charge on any atom is -0.373 e. The summed E-state index contributed by atoms with van der Waals surface area (Å²) in [7, 11) is 1.71. The van der Waals surface area contributed by atoms with Crippen molar-refractivity contribution < 1.29 is 4.92 Å². The van der Waals surface area contributed by atoms with Crippen molar-refractivity contribution in [1.82, 2.24) is 4.98 Å². The third-order valence-electron chi connectivity index (χ3n) is 2.70. The molecule has 0 spiro atoms. The fourth-order valence-corrected chi connectivity index (χ4v) is 1.78. The van der Waals surface area contributed by atoms with Crippen molar-refractivity contribution in [2.24, 2.45) is 0 Å². The van der Waals surface area contributed by atoms with Crippen LogP contribution in [0.25, 0.3) is 0 Å². The second kappa shape index (κ2) is 6.21. The van der Waals surface area contributed by atoms with Gasteiger partial charge in [-0.3, -0.25) is 10.1 Å². The standard InChI is InChI=1S/C13H13ClN4O2/c1-15-12-7-6-11(18(19)20)13(17-12)16-8-9-2-4-10(14)5-3-9/h2-7H,8H2,1H3,(H2,15,16,17). The molecule has 7 heteroatoms. The molecule has 0 bridgehead atoms. The Morgan fingerprint density at radius 3 is 2.55 bits per heavy atom. The summed E-state index contributed by atoms with van der Waals surface area (Å²) in [6, 6.07) is 10.2. The van der Waals surface area contributed by atoms with Gasteiger partial charge in [0.05, 0.1) is 4.92 Å². The van der Waals surface area contributed by atoms with Crippen LogP contribution in [-0.4, -0.2) is 17.0 Å². The Morgan fingerprint density at radius 2 is 1.95 bits per heavy atom. The van der Waals surface area contributed by atoms with Crippen LogP contribution in [0.2, 0.25) is 5.02 Å². The number of anilines is 2. The molecule has 2 N–H and O–H groups in total. The molecule has 0 unspecified atom stereocenters. The zero-order chi connectivity index (χ0) is 14.5. The Balaban J connectivity index is 2.18. The van der Waals surface area contributed by atoms with Gasteiger partial charge >= 0.3 is 5.69 Å². The van der Waals surface area contributed by atoms with E-state index in [0.29, 0.717) is 17.4 Å². The highest BCUT2D eigenvalue weighted by atomic mass is 35.5. The van der Waals surface area contributed by atoms with Crippen LogP contribution in [0.15, 0.2) is 36.4 Å². The summed E-state index contributed by atoms with van der Waals surface area (Å²) in [6.45, 7) is 0.429.